The van der Waals surface area contributed by atoms with Crippen LogP contribution < -0.4 is 0 Å². The molecule has 0 bridgehead atoms. The van der Waals surface area contributed by atoms with Crippen LogP contribution in [-0.4, -0.2) is 0 Å². The van der Waals surface area contributed by atoms with Gasteiger partial charge in [-0.1, -0.05) is 98.3 Å². The molecule has 0 aromatic heterocycles. The molecule has 0 amide bonds. The standard InChI is InChI=1S/C25H26O2/c1-2-9-19-14-16-22(17-15-19)25-26-23(20-10-5-3-6-11-20)18-24(27-25)21-12-7-4-8-13-21/h3-8,10-17,23-25H,2,9,18H2,1H3. The zero-order chi connectivity index (χ0) is 18.5. The Kier molecular flexibility index (Phi) is 5.66. The molecule has 3 aromatic rings. The fourth-order valence-electron chi connectivity index (χ4n) is 3.69. The Balaban J connectivity index is 1.62. The first-order valence-electron chi connectivity index (χ1n) is 9.83. The molecule has 0 N–H and O–H groups in total. The van der Waals surface area contributed by atoms with Gasteiger partial charge in [0.15, 0.2) is 6.29 Å². The van der Waals surface area contributed by atoms with Crippen molar-refractivity contribution in [3.63, 3.8) is 0 Å². The molecular formula is C25H26O2. The maximum Gasteiger partial charge on any atom is 0.185 e. The normalized spacial score (nSPS) is 22.5. The lowest BCUT2D eigenvalue weighted by molar-refractivity contribution is -0.253. The summed E-state index contributed by atoms with van der Waals surface area (Å²) in [7, 11) is 0. The first kappa shape index (κ1) is 18.0. The Morgan fingerprint density at radius 2 is 1.19 bits per heavy atom. The van der Waals surface area contributed by atoms with Gasteiger partial charge >= 0.3 is 0 Å². The van der Waals surface area contributed by atoms with E-state index in [4.69, 9.17) is 9.47 Å². The molecule has 0 saturated carbocycles. The van der Waals surface area contributed by atoms with Gasteiger partial charge in [-0.05, 0) is 23.1 Å². The summed E-state index contributed by atoms with van der Waals surface area (Å²) in [6.07, 6.45) is 2.76. The van der Waals surface area contributed by atoms with Gasteiger partial charge < -0.3 is 9.47 Å². The van der Waals surface area contributed by atoms with Crippen molar-refractivity contribution in [3.8, 4) is 0 Å². The molecule has 1 aliphatic heterocycles. The Morgan fingerprint density at radius 1 is 0.667 bits per heavy atom. The molecule has 1 heterocycles. The van der Waals surface area contributed by atoms with Gasteiger partial charge in [0, 0.05) is 12.0 Å². The summed E-state index contributed by atoms with van der Waals surface area (Å²) in [5.41, 5.74) is 4.84. The van der Waals surface area contributed by atoms with Gasteiger partial charge in [0.1, 0.15) is 0 Å². The fourth-order valence-corrected chi connectivity index (χ4v) is 3.69. The average molecular weight is 358 g/mol. The van der Waals surface area contributed by atoms with Crippen molar-refractivity contribution in [2.24, 2.45) is 0 Å². The van der Waals surface area contributed by atoms with E-state index in [1.807, 2.05) is 12.1 Å². The fraction of sp³-hybridized carbons (Fsp3) is 0.280. The van der Waals surface area contributed by atoms with Crippen LogP contribution in [0.25, 0.3) is 0 Å². The molecule has 1 aliphatic rings. The molecule has 0 aliphatic carbocycles. The van der Waals surface area contributed by atoms with Gasteiger partial charge in [0.2, 0.25) is 0 Å². The van der Waals surface area contributed by atoms with Crippen LogP contribution in [-0.2, 0) is 15.9 Å². The zero-order valence-electron chi connectivity index (χ0n) is 15.8. The van der Waals surface area contributed by atoms with Crippen LogP contribution in [0.5, 0.6) is 0 Å². The molecule has 1 fully saturated rings. The molecule has 3 aromatic carbocycles. The minimum atomic E-state index is -0.357. The van der Waals surface area contributed by atoms with Crippen molar-refractivity contribution in [3.05, 3.63) is 107 Å². The van der Waals surface area contributed by atoms with Gasteiger partial charge in [-0.2, -0.15) is 0 Å². The molecule has 2 heteroatoms. The van der Waals surface area contributed by atoms with Gasteiger partial charge in [0.05, 0.1) is 12.2 Å². The second-order valence-electron chi connectivity index (χ2n) is 7.13. The Morgan fingerprint density at radius 3 is 1.67 bits per heavy atom. The topological polar surface area (TPSA) is 18.5 Å². The van der Waals surface area contributed by atoms with E-state index in [2.05, 4.69) is 79.7 Å². The Bertz CT molecular complexity index is 780. The third-order valence-electron chi connectivity index (χ3n) is 5.14. The van der Waals surface area contributed by atoms with Crippen LogP contribution in [0.1, 0.15) is 60.5 Å². The van der Waals surface area contributed by atoms with E-state index in [0.29, 0.717) is 0 Å². The summed E-state index contributed by atoms with van der Waals surface area (Å²) in [6, 6.07) is 29.6. The second kappa shape index (κ2) is 8.51. The predicted octanol–water partition coefficient (Wildman–Crippen LogP) is 6.56. The highest BCUT2D eigenvalue weighted by Crippen LogP contribution is 2.43. The highest BCUT2D eigenvalue weighted by Gasteiger charge is 2.32. The van der Waals surface area contributed by atoms with Gasteiger partial charge in [-0.15, -0.1) is 0 Å². The van der Waals surface area contributed by atoms with E-state index in [1.54, 1.807) is 0 Å². The highest BCUT2D eigenvalue weighted by atomic mass is 16.7. The molecule has 138 valence electrons. The molecule has 2 nitrogen and oxygen atoms in total. The van der Waals surface area contributed by atoms with E-state index in [0.717, 1.165) is 24.8 Å². The van der Waals surface area contributed by atoms with Crippen LogP contribution in [0, 0.1) is 0 Å². The Labute approximate surface area is 161 Å². The van der Waals surface area contributed by atoms with Gasteiger partial charge in [0.25, 0.3) is 0 Å². The lowest BCUT2D eigenvalue weighted by Gasteiger charge is -2.36. The van der Waals surface area contributed by atoms with Crippen LogP contribution >= 0.6 is 0 Å². The minimum Gasteiger partial charge on any atom is -0.340 e. The lowest BCUT2D eigenvalue weighted by atomic mass is 9.97. The van der Waals surface area contributed by atoms with E-state index < -0.39 is 0 Å². The summed E-state index contributed by atoms with van der Waals surface area (Å²) in [5.74, 6) is 0. The number of rotatable bonds is 5. The maximum atomic E-state index is 6.39. The highest BCUT2D eigenvalue weighted by molar-refractivity contribution is 5.26. The number of hydrogen-bond donors (Lipinski definition) is 0. The molecule has 0 spiro atoms. The van der Waals surface area contributed by atoms with Crippen LogP contribution in [0.2, 0.25) is 0 Å². The number of aryl methyl sites for hydroxylation is 1. The van der Waals surface area contributed by atoms with Crippen LogP contribution in [0.15, 0.2) is 84.9 Å². The van der Waals surface area contributed by atoms with E-state index in [9.17, 15) is 0 Å². The smallest absolute Gasteiger partial charge is 0.185 e. The number of benzene rings is 3. The SMILES string of the molecule is CCCc1ccc(C2OC(c3ccccc3)CC(c3ccccc3)O2)cc1. The quantitative estimate of drug-likeness (QED) is 0.514. The average Bonchev–Trinajstić information content (AvgIpc) is 2.75. The van der Waals surface area contributed by atoms with E-state index >= 15 is 0 Å². The molecule has 1 saturated heterocycles. The monoisotopic (exact) mass is 358 g/mol. The molecule has 2 atom stereocenters. The third-order valence-corrected chi connectivity index (χ3v) is 5.14. The van der Waals surface area contributed by atoms with Crippen LogP contribution in [0.3, 0.4) is 0 Å². The minimum absolute atomic E-state index is 0.0190. The van der Waals surface area contributed by atoms with Crippen molar-refractivity contribution < 1.29 is 9.47 Å². The summed E-state index contributed by atoms with van der Waals surface area (Å²) >= 11 is 0. The van der Waals surface area contributed by atoms with Gasteiger partial charge in [-0.3, -0.25) is 0 Å². The molecule has 0 radical (unpaired) electrons. The molecule has 4 rings (SSSR count). The lowest BCUT2D eigenvalue weighted by Crippen LogP contribution is -2.24. The van der Waals surface area contributed by atoms with Crippen molar-refractivity contribution in [1.82, 2.24) is 0 Å². The maximum absolute atomic E-state index is 6.39. The van der Waals surface area contributed by atoms with Crippen molar-refractivity contribution in [2.75, 3.05) is 0 Å². The molecule has 27 heavy (non-hydrogen) atoms. The zero-order valence-corrected chi connectivity index (χ0v) is 15.8. The van der Waals surface area contributed by atoms with Gasteiger partial charge in [-0.25, -0.2) is 0 Å². The molecular weight excluding hydrogens is 332 g/mol. The molecule has 2 unspecified atom stereocenters. The Hall–Kier alpha value is -2.42. The van der Waals surface area contributed by atoms with Crippen molar-refractivity contribution in [2.45, 2.75) is 44.7 Å². The second-order valence-corrected chi connectivity index (χ2v) is 7.13. The largest absolute Gasteiger partial charge is 0.340 e. The summed E-state index contributed by atoms with van der Waals surface area (Å²) in [6.45, 7) is 2.20. The third kappa shape index (κ3) is 4.29. The van der Waals surface area contributed by atoms with Crippen molar-refractivity contribution in [1.29, 1.82) is 0 Å². The van der Waals surface area contributed by atoms with Crippen LogP contribution in [0.4, 0.5) is 0 Å². The summed E-state index contributed by atoms with van der Waals surface area (Å²) in [5, 5.41) is 0. The summed E-state index contributed by atoms with van der Waals surface area (Å²) in [4.78, 5) is 0. The van der Waals surface area contributed by atoms with E-state index in [-0.39, 0.29) is 18.5 Å². The summed E-state index contributed by atoms with van der Waals surface area (Å²) < 4.78 is 12.8. The first-order valence-corrected chi connectivity index (χ1v) is 9.83. The predicted molar refractivity (Wildman–Crippen MR) is 108 cm³/mol. The van der Waals surface area contributed by atoms with E-state index in [1.165, 1.54) is 16.7 Å². The number of hydrogen-bond acceptors (Lipinski definition) is 2. The number of ether oxygens (including phenoxy) is 2. The first-order chi connectivity index (χ1) is 13.3. The van der Waals surface area contributed by atoms with Crippen molar-refractivity contribution >= 4 is 0 Å².